The summed E-state index contributed by atoms with van der Waals surface area (Å²) >= 11 is 1.79. The van der Waals surface area contributed by atoms with E-state index in [2.05, 4.69) is 18.8 Å². The van der Waals surface area contributed by atoms with E-state index >= 15 is 0 Å². The van der Waals surface area contributed by atoms with Crippen LogP contribution in [0.15, 0.2) is 0 Å². The molecule has 5 heteroatoms. The summed E-state index contributed by atoms with van der Waals surface area (Å²) < 4.78 is 5.75. The van der Waals surface area contributed by atoms with Crippen LogP contribution in [0, 0.1) is 0 Å². The minimum absolute atomic E-state index is 0.424. The van der Waals surface area contributed by atoms with E-state index in [0.717, 1.165) is 41.7 Å². The van der Waals surface area contributed by atoms with Crippen molar-refractivity contribution in [2.75, 3.05) is 12.8 Å². The Labute approximate surface area is 129 Å². The molecule has 0 radical (unpaired) electrons. The molecule has 114 valence electrons. The molecule has 3 rings (SSSR count). The third kappa shape index (κ3) is 2.23. The molecule has 0 atom stereocenters. The zero-order chi connectivity index (χ0) is 15.0. The first kappa shape index (κ1) is 14.7. The highest BCUT2D eigenvalue weighted by molar-refractivity contribution is 7.19. The number of aryl methyl sites for hydroxylation is 2. The lowest BCUT2D eigenvalue weighted by molar-refractivity contribution is -0.0287. The predicted octanol–water partition coefficient (Wildman–Crippen LogP) is 3.81. The maximum absolute atomic E-state index is 6.29. The molecule has 0 saturated carbocycles. The van der Waals surface area contributed by atoms with Gasteiger partial charge in [-0.05, 0) is 44.1 Å². The number of hydrogen-bond acceptors (Lipinski definition) is 5. The first-order valence-corrected chi connectivity index (χ1v) is 8.60. The Bertz CT molecular complexity index is 653. The van der Waals surface area contributed by atoms with Crippen molar-refractivity contribution in [3.8, 4) is 0 Å². The SMILES string of the molecule is CCC(CC)(OC)c1nc(N)c2c3c(sc2n1)CCCC3. The van der Waals surface area contributed by atoms with Gasteiger partial charge < -0.3 is 10.5 Å². The summed E-state index contributed by atoms with van der Waals surface area (Å²) in [4.78, 5) is 11.9. The van der Waals surface area contributed by atoms with E-state index in [4.69, 9.17) is 15.5 Å². The van der Waals surface area contributed by atoms with Crippen molar-refractivity contribution in [1.82, 2.24) is 9.97 Å². The number of thiophene rings is 1. The number of ether oxygens (including phenoxy) is 1. The average molecular weight is 305 g/mol. The van der Waals surface area contributed by atoms with Crippen molar-refractivity contribution in [2.24, 2.45) is 0 Å². The number of methoxy groups -OCH3 is 1. The van der Waals surface area contributed by atoms with Crippen LogP contribution in [-0.4, -0.2) is 17.1 Å². The lowest BCUT2D eigenvalue weighted by atomic mass is 9.95. The number of anilines is 1. The molecule has 0 fully saturated rings. The summed E-state index contributed by atoms with van der Waals surface area (Å²) in [6, 6.07) is 0. The minimum atomic E-state index is -0.424. The fourth-order valence-corrected chi connectivity index (χ4v) is 4.60. The molecule has 4 nitrogen and oxygen atoms in total. The summed E-state index contributed by atoms with van der Waals surface area (Å²) in [5, 5.41) is 1.09. The molecule has 2 N–H and O–H groups in total. The summed E-state index contributed by atoms with van der Waals surface area (Å²) in [5.41, 5.74) is 7.25. The van der Waals surface area contributed by atoms with Crippen LogP contribution in [0.25, 0.3) is 10.2 Å². The molecule has 0 unspecified atom stereocenters. The normalized spacial score (nSPS) is 15.4. The Kier molecular flexibility index (Phi) is 3.88. The predicted molar refractivity (Wildman–Crippen MR) is 87.7 cm³/mol. The van der Waals surface area contributed by atoms with E-state index in [1.165, 1.54) is 23.3 Å². The zero-order valence-corrected chi connectivity index (χ0v) is 13.8. The fourth-order valence-electron chi connectivity index (χ4n) is 3.34. The molecule has 0 aliphatic heterocycles. The van der Waals surface area contributed by atoms with Gasteiger partial charge in [0.15, 0.2) is 5.82 Å². The van der Waals surface area contributed by atoms with E-state index in [1.807, 2.05) is 0 Å². The van der Waals surface area contributed by atoms with Gasteiger partial charge in [-0.1, -0.05) is 13.8 Å². The number of aromatic nitrogens is 2. The third-order valence-corrected chi connectivity index (χ3v) is 5.97. The van der Waals surface area contributed by atoms with Crippen LogP contribution in [0.4, 0.5) is 5.82 Å². The highest BCUT2D eigenvalue weighted by Gasteiger charge is 2.33. The second-order valence-corrected chi connectivity index (χ2v) is 6.81. The van der Waals surface area contributed by atoms with Crippen LogP contribution in [0.2, 0.25) is 0 Å². The van der Waals surface area contributed by atoms with Gasteiger partial charge in [-0.25, -0.2) is 9.97 Å². The Hall–Kier alpha value is -1.20. The molecule has 0 aromatic carbocycles. The van der Waals surface area contributed by atoms with Gasteiger partial charge in [0.2, 0.25) is 0 Å². The van der Waals surface area contributed by atoms with Gasteiger partial charge in [-0.15, -0.1) is 11.3 Å². The largest absolute Gasteiger partial charge is 0.383 e. The highest BCUT2D eigenvalue weighted by Crippen LogP contribution is 2.40. The maximum Gasteiger partial charge on any atom is 0.164 e. The first-order chi connectivity index (χ1) is 10.1. The molecular formula is C16H23N3OS. The summed E-state index contributed by atoms with van der Waals surface area (Å²) in [5.74, 6) is 1.36. The van der Waals surface area contributed by atoms with Crippen LogP contribution < -0.4 is 5.73 Å². The molecule has 0 amide bonds. The Balaban J connectivity index is 2.20. The Morgan fingerprint density at radius 1 is 1.19 bits per heavy atom. The standard InChI is InChI=1S/C16H23N3OS/c1-4-16(5-2,20-3)15-18-13(17)12-10-8-6-7-9-11(10)21-14(12)19-15/h4-9H2,1-3H3,(H2,17,18,19). The van der Waals surface area contributed by atoms with Crippen molar-refractivity contribution in [3.05, 3.63) is 16.3 Å². The number of nitrogens with zero attached hydrogens (tertiary/aromatic N) is 2. The summed E-state index contributed by atoms with van der Waals surface area (Å²) in [7, 11) is 1.73. The lowest BCUT2D eigenvalue weighted by Gasteiger charge is -2.28. The maximum atomic E-state index is 6.29. The highest BCUT2D eigenvalue weighted by atomic mass is 32.1. The van der Waals surface area contributed by atoms with E-state index in [-0.39, 0.29) is 0 Å². The molecule has 21 heavy (non-hydrogen) atoms. The smallest absolute Gasteiger partial charge is 0.164 e. The van der Waals surface area contributed by atoms with Crippen molar-refractivity contribution >= 4 is 27.4 Å². The third-order valence-electron chi connectivity index (χ3n) is 4.78. The zero-order valence-electron chi connectivity index (χ0n) is 13.0. The number of nitrogens with two attached hydrogens (primary N) is 1. The quantitative estimate of drug-likeness (QED) is 0.933. The average Bonchev–Trinajstić information content (AvgIpc) is 2.88. The van der Waals surface area contributed by atoms with Crippen LogP contribution in [0.1, 0.15) is 55.8 Å². The molecule has 1 aliphatic carbocycles. The van der Waals surface area contributed by atoms with Gasteiger partial charge in [-0.2, -0.15) is 0 Å². The lowest BCUT2D eigenvalue weighted by Crippen LogP contribution is -2.29. The van der Waals surface area contributed by atoms with Gasteiger partial charge >= 0.3 is 0 Å². The van der Waals surface area contributed by atoms with E-state index in [1.54, 1.807) is 18.4 Å². The molecular weight excluding hydrogens is 282 g/mol. The monoisotopic (exact) mass is 305 g/mol. The number of rotatable bonds is 4. The van der Waals surface area contributed by atoms with Crippen LogP contribution in [-0.2, 0) is 23.2 Å². The van der Waals surface area contributed by atoms with Gasteiger partial charge in [0.1, 0.15) is 16.2 Å². The van der Waals surface area contributed by atoms with Gasteiger partial charge in [0.05, 0.1) is 5.39 Å². The van der Waals surface area contributed by atoms with Crippen molar-refractivity contribution in [2.45, 2.75) is 58.0 Å². The topological polar surface area (TPSA) is 61.0 Å². The van der Waals surface area contributed by atoms with Crippen LogP contribution in [0.5, 0.6) is 0 Å². The van der Waals surface area contributed by atoms with Crippen LogP contribution >= 0.6 is 11.3 Å². The molecule has 0 saturated heterocycles. The van der Waals surface area contributed by atoms with Crippen molar-refractivity contribution in [3.63, 3.8) is 0 Å². The van der Waals surface area contributed by atoms with Crippen molar-refractivity contribution in [1.29, 1.82) is 0 Å². The van der Waals surface area contributed by atoms with Gasteiger partial charge in [0.25, 0.3) is 0 Å². The van der Waals surface area contributed by atoms with Gasteiger partial charge in [0, 0.05) is 12.0 Å². The number of hydrogen-bond donors (Lipinski definition) is 1. The molecule has 0 spiro atoms. The van der Waals surface area contributed by atoms with Gasteiger partial charge in [-0.3, -0.25) is 0 Å². The van der Waals surface area contributed by atoms with Crippen molar-refractivity contribution < 1.29 is 4.74 Å². The molecule has 2 aromatic heterocycles. The number of fused-ring (bicyclic) bond motifs is 3. The molecule has 2 heterocycles. The summed E-state index contributed by atoms with van der Waals surface area (Å²) in [6.45, 7) is 4.21. The minimum Gasteiger partial charge on any atom is -0.383 e. The fraction of sp³-hybridized carbons (Fsp3) is 0.625. The molecule has 0 bridgehead atoms. The van der Waals surface area contributed by atoms with E-state index < -0.39 is 5.60 Å². The van der Waals surface area contributed by atoms with Crippen LogP contribution in [0.3, 0.4) is 0 Å². The molecule has 1 aliphatic rings. The Morgan fingerprint density at radius 2 is 1.90 bits per heavy atom. The summed E-state index contributed by atoms with van der Waals surface area (Å²) in [6.07, 6.45) is 6.46. The number of nitrogen functional groups attached to an aromatic ring is 1. The molecule has 2 aromatic rings. The Morgan fingerprint density at radius 3 is 2.57 bits per heavy atom. The van der Waals surface area contributed by atoms with E-state index in [9.17, 15) is 0 Å². The van der Waals surface area contributed by atoms with E-state index in [0.29, 0.717) is 5.82 Å². The second kappa shape index (κ2) is 5.54. The second-order valence-electron chi connectivity index (χ2n) is 5.73. The first-order valence-electron chi connectivity index (χ1n) is 7.78.